The number of amides is 1. The number of aromatic nitrogens is 2. The minimum Gasteiger partial charge on any atom is -0.478 e. The normalized spacial score (nSPS) is 9.88. The number of carbonyl (C=O) groups excluding carboxylic acids is 1. The molecule has 0 aliphatic heterocycles. The quantitative estimate of drug-likeness (QED) is 0.859. The van der Waals surface area contributed by atoms with Crippen LogP contribution in [0.2, 0.25) is 0 Å². The molecule has 7 heteroatoms. The van der Waals surface area contributed by atoms with E-state index < -0.39 is 11.9 Å². The van der Waals surface area contributed by atoms with Crippen LogP contribution in [0.3, 0.4) is 0 Å². The first kappa shape index (κ1) is 11.2. The number of carboxylic acid groups (broad SMARTS) is 1. The number of aromatic carboxylic acids is 1. The first-order valence-corrected chi connectivity index (χ1v) is 5.43. The van der Waals surface area contributed by atoms with Crippen LogP contribution in [0.15, 0.2) is 29.6 Å². The lowest BCUT2D eigenvalue weighted by Gasteiger charge is -2.06. The summed E-state index contributed by atoms with van der Waals surface area (Å²) < 4.78 is 3.56. The Morgan fingerprint density at radius 3 is 2.71 bits per heavy atom. The molecule has 1 aromatic carbocycles. The van der Waals surface area contributed by atoms with E-state index in [-0.39, 0.29) is 16.9 Å². The number of rotatable bonds is 3. The largest absolute Gasteiger partial charge is 0.478 e. The lowest BCUT2D eigenvalue weighted by atomic mass is 10.2. The Bertz CT molecular complexity index is 554. The van der Waals surface area contributed by atoms with Gasteiger partial charge in [-0.3, -0.25) is 4.79 Å². The molecule has 2 N–H and O–H groups in total. The highest BCUT2D eigenvalue weighted by molar-refractivity contribution is 7.03. The van der Waals surface area contributed by atoms with Crippen molar-refractivity contribution in [3.63, 3.8) is 0 Å². The van der Waals surface area contributed by atoms with E-state index in [4.69, 9.17) is 5.11 Å². The Balaban J connectivity index is 2.25. The molecular weight excluding hydrogens is 242 g/mol. The zero-order chi connectivity index (χ0) is 12.3. The number of hydrogen-bond donors (Lipinski definition) is 2. The number of nitrogens with zero attached hydrogens (tertiary/aromatic N) is 2. The molecular formula is C10H7N3O3S. The van der Waals surface area contributed by atoms with Crippen molar-refractivity contribution in [2.24, 2.45) is 0 Å². The molecule has 0 bridgehead atoms. The number of nitrogens with one attached hydrogen (secondary N) is 1. The summed E-state index contributed by atoms with van der Waals surface area (Å²) in [7, 11) is 0. The summed E-state index contributed by atoms with van der Waals surface area (Å²) >= 11 is 1.05. The summed E-state index contributed by atoms with van der Waals surface area (Å²) in [4.78, 5) is 22.6. The molecule has 17 heavy (non-hydrogen) atoms. The van der Waals surface area contributed by atoms with Gasteiger partial charge >= 0.3 is 5.97 Å². The van der Waals surface area contributed by atoms with Crippen molar-refractivity contribution in [3.05, 3.63) is 40.9 Å². The number of anilines is 1. The smallest absolute Gasteiger partial charge is 0.337 e. The highest BCUT2D eigenvalue weighted by Gasteiger charge is 2.14. The standard InChI is InChI=1S/C10H7N3O3S/c14-9(8-5-17-13-12-8)11-7-4-2-1-3-6(7)10(15)16/h1-5H,(H,11,14)(H,15,16). The SMILES string of the molecule is O=C(Nc1ccccc1C(=O)O)c1csnn1. The summed E-state index contributed by atoms with van der Waals surface area (Å²) in [6.07, 6.45) is 0. The van der Waals surface area contributed by atoms with Crippen LogP contribution in [0.1, 0.15) is 20.8 Å². The second-order valence-electron chi connectivity index (χ2n) is 3.10. The summed E-state index contributed by atoms with van der Waals surface area (Å²) in [6.45, 7) is 0. The molecule has 0 saturated heterocycles. The van der Waals surface area contributed by atoms with Crippen LogP contribution in [-0.4, -0.2) is 26.6 Å². The highest BCUT2D eigenvalue weighted by atomic mass is 32.1. The van der Waals surface area contributed by atoms with Gasteiger partial charge < -0.3 is 10.4 Å². The van der Waals surface area contributed by atoms with E-state index in [0.29, 0.717) is 0 Å². The molecule has 0 unspecified atom stereocenters. The monoisotopic (exact) mass is 249 g/mol. The van der Waals surface area contributed by atoms with Crippen molar-refractivity contribution in [1.82, 2.24) is 9.59 Å². The van der Waals surface area contributed by atoms with Crippen molar-refractivity contribution < 1.29 is 14.7 Å². The van der Waals surface area contributed by atoms with E-state index in [2.05, 4.69) is 14.9 Å². The van der Waals surface area contributed by atoms with E-state index in [0.717, 1.165) is 11.5 Å². The molecule has 0 radical (unpaired) electrons. The molecule has 2 aromatic rings. The van der Waals surface area contributed by atoms with Crippen molar-refractivity contribution in [3.8, 4) is 0 Å². The van der Waals surface area contributed by atoms with Crippen molar-refractivity contribution in [1.29, 1.82) is 0 Å². The van der Waals surface area contributed by atoms with Crippen LogP contribution in [0.25, 0.3) is 0 Å². The van der Waals surface area contributed by atoms with Gasteiger partial charge in [0, 0.05) is 5.38 Å². The predicted molar refractivity (Wildman–Crippen MR) is 61.3 cm³/mol. The molecule has 1 amide bonds. The third kappa shape index (κ3) is 2.45. The molecule has 0 aliphatic carbocycles. The van der Waals surface area contributed by atoms with E-state index in [1.165, 1.54) is 17.5 Å². The number of carbonyl (C=O) groups is 2. The molecule has 1 aromatic heterocycles. The molecule has 2 rings (SSSR count). The summed E-state index contributed by atoms with van der Waals surface area (Å²) in [5, 5.41) is 16.5. The van der Waals surface area contributed by atoms with Crippen LogP contribution in [0, 0.1) is 0 Å². The molecule has 1 heterocycles. The molecule has 0 atom stereocenters. The average molecular weight is 249 g/mol. The zero-order valence-corrected chi connectivity index (χ0v) is 9.27. The molecule has 6 nitrogen and oxygen atoms in total. The second-order valence-corrected chi connectivity index (χ2v) is 3.70. The summed E-state index contributed by atoms with van der Waals surface area (Å²) in [5.41, 5.74) is 0.428. The molecule has 0 spiro atoms. The van der Waals surface area contributed by atoms with Crippen LogP contribution < -0.4 is 5.32 Å². The van der Waals surface area contributed by atoms with E-state index in [9.17, 15) is 9.59 Å². The lowest BCUT2D eigenvalue weighted by molar-refractivity contribution is 0.0698. The number of carboxylic acids is 1. The fraction of sp³-hybridized carbons (Fsp3) is 0. The van der Waals surface area contributed by atoms with Crippen LogP contribution in [0.5, 0.6) is 0 Å². The lowest BCUT2D eigenvalue weighted by Crippen LogP contribution is -2.15. The van der Waals surface area contributed by atoms with Gasteiger partial charge in [-0.15, -0.1) is 5.10 Å². The number of benzene rings is 1. The number of para-hydroxylation sites is 1. The molecule has 0 fully saturated rings. The summed E-state index contributed by atoms with van der Waals surface area (Å²) in [5.74, 6) is -1.58. The third-order valence-electron chi connectivity index (χ3n) is 2.00. The molecule has 0 saturated carbocycles. The van der Waals surface area contributed by atoms with Gasteiger partial charge in [0.25, 0.3) is 5.91 Å². The van der Waals surface area contributed by atoms with Gasteiger partial charge in [-0.2, -0.15) is 0 Å². The van der Waals surface area contributed by atoms with E-state index >= 15 is 0 Å². The van der Waals surface area contributed by atoms with Gasteiger partial charge in [0.15, 0.2) is 5.69 Å². The zero-order valence-electron chi connectivity index (χ0n) is 8.45. The van der Waals surface area contributed by atoms with E-state index in [1.807, 2.05) is 0 Å². The topological polar surface area (TPSA) is 92.2 Å². The van der Waals surface area contributed by atoms with Crippen molar-refractivity contribution >= 4 is 29.1 Å². The van der Waals surface area contributed by atoms with Crippen LogP contribution in [-0.2, 0) is 0 Å². The van der Waals surface area contributed by atoms with Crippen molar-refractivity contribution in [2.45, 2.75) is 0 Å². The maximum atomic E-state index is 11.7. The van der Waals surface area contributed by atoms with Crippen molar-refractivity contribution in [2.75, 3.05) is 5.32 Å². The van der Waals surface area contributed by atoms with Gasteiger partial charge in [-0.05, 0) is 23.7 Å². The fourth-order valence-electron chi connectivity index (χ4n) is 1.23. The predicted octanol–water partition coefficient (Wildman–Crippen LogP) is 1.49. The Morgan fingerprint density at radius 1 is 1.29 bits per heavy atom. The number of hydrogen-bond acceptors (Lipinski definition) is 5. The first-order chi connectivity index (χ1) is 8.18. The second kappa shape index (κ2) is 4.71. The van der Waals surface area contributed by atoms with Gasteiger partial charge in [0.05, 0.1) is 11.3 Å². The van der Waals surface area contributed by atoms with Crippen LogP contribution in [0.4, 0.5) is 5.69 Å². The Kier molecular flexibility index (Phi) is 3.10. The maximum absolute atomic E-state index is 11.7. The highest BCUT2D eigenvalue weighted by Crippen LogP contribution is 2.15. The van der Waals surface area contributed by atoms with Gasteiger partial charge in [0.2, 0.25) is 0 Å². The molecule has 86 valence electrons. The Hall–Kier alpha value is -2.28. The third-order valence-corrected chi connectivity index (χ3v) is 2.50. The Morgan fingerprint density at radius 2 is 2.06 bits per heavy atom. The maximum Gasteiger partial charge on any atom is 0.337 e. The van der Waals surface area contributed by atoms with E-state index in [1.54, 1.807) is 12.1 Å². The summed E-state index contributed by atoms with van der Waals surface area (Å²) in [6, 6.07) is 6.16. The van der Waals surface area contributed by atoms with Crippen LogP contribution >= 0.6 is 11.5 Å². The Labute approximate surface area is 100 Å². The fourth-order valence-corrected chi connectivity index (χ4v) is 1.66. The minimum atomic E-state index is -1.10. The van der Waals surface area contributed by atoms with Gasteiger partial charge in [0.1, 0.15) is 0 Å². The minimum absolute atomic E-state index is 0.0315. The van der Waals surface area contributed by atoms with Gasteiger partial charge in [-0.1, -0.05) is 16.6 Å². The first-order valence-electron chi connectivity index (χ1n) is 4.59. The average Bonchev–Trinajstić information content (AvgIpc) is 2.83. The molecule has 0 aliphatic rings. The van der Waals surface area contributed by atoms with Gasteiger partial charge in [-0.25, -0.2) is 4.79 Å².